The van der Waals surface area contributed by atoms with Gasteiger partial charge in [0.2, 0.25) is 5.91 Å². The molecule has 12 heteroatoms. The average molecular weight is 675 g/mol. The Morgan fingerprint density at radius 3 is 2.46 bits per heavy atom. The highest BCUT2D eigenvalue weighted by Gasteiger charge is 2.51. The van der Waals surface area contributed by atoms with Crippen LogP contribution in [0.2, 0.25) is 5.02 Å². The summed E-state index contributed by atoms with van der Waals surface area (Å²) in [6.45, 7) is 7.95. The molecule has 2 amide bonds. The van der Waals surface area contributed by atoms with Crippen LogP contribution in [0, 0.1) is 0 Å². The summed E-state index contributed by atoms with van der Waals surface area (Å²) >= 11 is 6.49. The van der Waals surface area contributed by atoms with Crippen molar-refractivity contribution in [2.75, 3.05) is 26.2 Å². The van der Waals surface area contributed by atoms with Crippen LogP contribution in [0.25, 0.3) is 10.9 Å². The SMILES string of the molecule is CC(C)(C)OC(=O)N1CCN(Cc2ccc(Cn3ccccc3=O)cc2)CC1(Cc1nn(C2CCCCO2)c2ccc(Cl)cc12)C(N)=O. The molecular weight excluding hydrogens is 632 g/mol. The van der Waals surface area contributed by atoms with E-state index in [1.165, 1.54) is 4.90 Å². The molecule has 0 aliphatic carbocycles. The fourth-order valence-corrected chi connectivity index (χ4v) is 6.85. The van der Waals surface area contributed by atoms with E-state index in [-0.39, 0.29) is 31.3 Å². The Bertz CT molecular complexity index is 1840. The van der Waals surface area contributed by atoms with Gasteiger partial charge in [-0.25, -0.2) is 9.48 Å². The first-order chi connectivity index (χ1) is 22.9. The standard InChI is InChI=1S/C36H43ClN6O5/c1-35(2,3)48-34(46)42-18-17-40(22-25-10-12-26(13-11-25)23-41-16-6-4-8-31(41)44)24-36(42,33(38)45)21-29-28-20-27(37)14-15-30(28)43(39-29)32-9-5-7-19-47-32/h4,6,8,10-16,20,32H,5,7,9,17-19,21-24H2,1-3H3,(H2,38,45). The third kappa shape index (κ3) is 7.28. The molecule has 254 valence electrons. The summed E-state index contributed by atoms with van der Waals surface area (Å²) in [6.07, 6.45) is 3.83. The summed E-state index contributed by atoms with van der Waals surface area (Å²) in [6, 6.07) is 18.7. The van der Waals surface area contributed by atoms with Crippen molar-refractivity contribution in [3.8, 4) is 0 Å². The lowest BCUT2D eigenvalue weighted by Gasteiger charge is -2.48. The monoisotopic (exact) mass is 674 g/mol. The first kappa shape index (κ1) is 33.7. The molecule has 2 aromatic carbocycles. The van der Waals surface area contributed by atoms with Gasteiger partial charge in [0.25, 0.3) is 5.56 Å². The Morgan fingerprint density at radius 2 is 1.79 bits per heavy atom. The Hall–Kier alpha value is -4.19. The molecule has 4 aromatic rings. The van der Waals surface area contributed by atoms with Crippen molar-refractivity contribution < 1.29 is 19.1 Å². The number of halogens is 1. The molecule has 2 saturated heterocycles. The fraction of sp³-hybridized carbons (Fsp3) is 0.444. The molecule has 2 aliphatic heterocycles. The molecule has 2 unspecified atom stereocenters. The predicted octanol–water partition coefficient (Wildman–Crippen LogP) is 5.12. The quantitative estimate of drug-likeness (QED) is 0.275. The zero-order valence-electron chi connectivity index (χ0n) is 27.7. The Morgan fingerprint density at radius 1 is 1.04 bits per heavy atom. The van der Waals surface area contributed by atoms with Gasteiger partial charge in [-0.2, -0.15) is 5.10 Å². The van der Waals surface area contributed by atoms with Crippen molar-refractivity contribution in [3.63, 3.8) is 0 Å². The lowest BCUT2D eigenvalue weighted by atomic mass is 9.86. The number of hydrogen-bond donors (Lipinski definition) is 1. The molecule has 0 spiro atoms. The van der Waals surface area contributed by atoms with Crippen LogP contribution in [-0.4, -0.2) is 73.5 Å². The van der Waals surface area contributed by atoms with Crippen LogP contribution in [0.5, 0.6) is 0 Å². The Balaban J connectivity index is 1.32. The van der Waals surface area contributed by atoms with Crippen LogP contribution in [0.3, 0.4) is 0 Å². The Labute approximate surface area is 285 Å². The summed E-state index contributed by atoms with van der Waals surface area (Å²) in [4.78, 5) is 43.3. The number of carbonyl (C=O) groups is 2. The molecule has 0 radical (unpaired) electrons. The van der Waals surface area contributed by atoms with E-state index < -0.39 is 23.1 Å². The number of nitrogens with zero attached hydrogens (tertiary/aromatic N) is 5. The number of piperazine rings is 1. The van der Waals surface area contributed by atoms with Crippen LogP contribution < -0.4 is 11.3 Å². The van der Waals surface area contributed by atoms with Gasteiger partial charge in [0.15, 0.2) is 6.23 Å². The normalized spacial score (nSPS) is 20.6. The number of amides is 2. The molecule has 2 fully saturated rings. The molecule has 4 heterocycles. The third-order valence-electron chi connectivity index (χ3n) is 9.03. The van der Waals surface area contributed by atoms with Crippen molar-refractivity contribution in [2.45, 2.75) is 76.9 Å². The molecular formula is C36H43ClN6O5. The van der Waals surface area contributed by atoms with Gasteiger partial charge in [0.05, 0.1) is 17.8 Å². The van der Waals surface area contributed by atoms with E-state index in [4.69, 9.17) is 31.9 Å². The van der Waals surface area contributed by atoms with Crippen molar-refractivity contribution in [2.24, 2.45) is 5.73 Å². The minimum Gasteiger partial charge on any atom is -0.444 e. The van der Waals surface area contributed by atoms with E-state index in [2.05, 4.69) is 4.90 Å². The molecule has 2 N–H and O–H groups in total. The number of ether oxygens (including phenoxy) is 2. The highest BCUT2D eigenvalue weighted by Crippen LogP contribution is 2.35. The maximum Gasteiger partial charge on any atom is 0.411 e. The van der Waals surface area contributed by atoms with Crippen molar-refractivity contribution in [1.29, 1.82) is 0 Å². The zero-order valence-corrected chi connectivity index (χ0v) is 28.5. The van der Waals surface area contributed by atoms with Gasteiger partial charge in [-0.3, -0.25) is 19.4 Å². The van der Waals surface area contributed by atoms with E-state index in [0.717, 1.165) is 41.3 Å². The van der Waals surface area contributed by atoms with E-state index >= 15 is 0 Å². The molecule has 11 nitrogen and oxygen atoms in total. The van der Waals surface area contributed by atoms with Gasteiger partial charge in [-0.15, -0.1) is 0 Å². The van der Waals surface area contributed by atoms with E-state index in [1.807, 2.05) is 53.2 Å². The molecule has 2 aliphatic rings. The molecule has 0 saturated carbocycles. The van der Waals surface area contributed by atoms with Gasteiger partial charge in [0, 0.05) is 61.9 Å². The summed E-state index contributed by atoms with van der Waals surface area (Å²) < 4.78 is 15.4. The van der Waals surface area contributed by atoms with E-state index in [9.17, 15) is 14.4 Å². The number of fused-ring (bicyclic) bond motifs is 1. The number of rotatable bonds is 8. The number of nitrogens with two attached hydrogens (primary N) is 1. The largest absolute Gasteiger partial charge is 0.444 e. The van der Waals surface area contributed by atoms with Gasteiger partial charge in [-0.1, -0.05) is 41.9 Å². The first-order valence-electron chi connectivity index (χ1n) is 16.5. The van der Waals surface area contributed by atoms with Gasteiger partial charge < -0.3 is 19.8 Å². The molecule has 2 aromatic heterocycles. The lowest BCUT2D eigenvalue weighted by molar-refractivity contribution is -0.135. The number of pyridine rings is 1. The summed E-state index contributed by atoms with van der Waals surface area (Å²) in [5.41, 5.74) is 7.48. The second-order valence-corrected chi connectivity index (χ2v) is 14.2. The van der Waals surface area contributed by atoms with Crippen LogP contribution in [0.4, 0.5) is 4.79 Å². The number of carbonyl (C=O) groups excluding carboxylic acids is 2. The predicted molar refractivity (Wildman–Crippen MR) is 184 cm³/mol. The number of primary amides is 1. The number of benzene rings is 2. The summed E-state index contributed by atoms with van der Waals surface area (Å²) in [5.74, 6) is -0.639. The smallest absolute Gasteiger partial charge is 0.411 e. The zero-order chi connectivity index (χ0) is 34.1. The molecule has 2 atom stereocenters. The average Bonchev–Trinajstić information content (AvgIpc) is 3.39. The second kappa shape index (κ2) is 13.7. The second-order valence-electron chi connectivity index (χ2n) is 13.8. The van der Waals surface area contributed by atoms with Crippen LogP contribution >= 0.6 is 11.6 Å². The number of hydrogen-bond acceptors (Lipinski definition) is 7. The topological polar surface area (TPSA) is 125 Å². The van der Waals surface area contributed by atoms with Crippen LogP contribution in [0.1, 0.15) is 63.1 Å². The lowest BCUT2D eigenvalue weighted by Crippen LogP contribution is -2.70. The molecule has 48 heavy (non-hydrogen) atoms. The van der Waals surface area contributed by atoms with Crippen molar-refractivity contribution in [1.82, 2.24) is 24.1 Å². The van der Waals surface area contributed by atoms with Crippen LogP contribution in [0.15, 0.2) is 71.7 Å². The van der Waals surface area contributed by atoms with Crippen molar-refractivity contribution >= 4 is 34.5 Å². The first-order valence-corrected chi connectivity index (χ1v) is 16.8. The number of aromatic nitrogens is 3. The van der Waals surface area contributed by atoms with E-state index in [1.54, 1.807) is 43.7 Å². The summed E-state index contributed by atoms with van der Waals surface area (Å²) in [5, 5.41) is 6.33. The minimum atomic E-state index is -1.46. The van der Waals surface area contributed by atoms with Crippen molar-refractivity contribution in [3.05, 3.63) is 99.1 Å². The fourth-order valence-electron chi connectivity index (χ4n) is 6.67. The van der Waals surface area contributed by atoms with Crippen LogP contribution in [-0.2, 0) is 33.8 Å². The van der Waals surface area contributed by atoms with E-state index in [0.29, 0.717) is 37.0 Å². The highest BCUT2D eigenvalue weighted by molar-refractivity contribution is 6.31. The van der Waals surface area contributed by atoms with Gasteiger partial charge in [0.1, 0.15) is 11.1 Å². The third-order valence-corrected chi connectivity index (χ3v) is 9.26. The van der Waals surface area contributed by atoms with Gasteiger partial charge >= 0.3 is 6.09 Å². The maximum atomic E-state index is 13.8. The minimum absolute atomic E-state index is 0.0571. The molecule has 0 bridgehead atoms. The maximum absolute atomic E-state index is 13.8. The van der Waals surface area contributed by atoms with Gasteiger partial charge in [-0.05, 0) is 75.4 Å². The molecule has 6 rings (SSSR count). The highest BCUT2D eigenvalue weighted by atomic mass is 35.5. The summed E-state index contributed by atoms with van der Waals surface area (Å²) in [7, 11) is 0. The Kier molecular flexibility index (Phi) is 9.64.